The zero-order valence-corrected chi connectivity index (χ0v) is 31.4. The molecule has 276 valence electrons. The van der Waals surface area contributed by atoms with E-state index in [1.165, 1.54) is 0 Å². The van der Waals surface area contributed by atoms with Crippen molar-refractivity contribution in [2.24, 2.45) is 17.3 Å². The Balaban J connectivity index is 1.61. The van der Waals surface area contributed by atoms with Gasteiger partial charge in [0.1, 0.15) is 17.1 Å². The van der Waals surface area contributed by atoms with Crippen molar-refractivity contribution in [3.05, 3.63) is 35.9 Å². The molecule has 0 unspecified atom stereocenters. The van der Waals surface area contributed by atoms with Crippen LogP contribution in [0.5, 0.6) is 0 Å². The van der Waals surface area contributed by atoms with Gasteiger partial charge in [0, 0.05) is 58.1 Å². The topological polar surface area (TPSA) is 118 Å². The number of carbonyl (C=O) groups is 3. The molecule has 1 amide bonds. The second-order valence-corrected chi connectivity index (χ2v) is 16.0. The van der Waals surface area contributed by atoms with E-state index in [4.69, 9.17) is 18.9 Å². The molecular weight excluding hydrogens is 626 g/mol. The molecule has 3 fully saturated rings. The van der Waals surface area contributed by atoms with Gasteiger partial charge >= 0.3 is 5.97 Å². The summed E-state index contributed by atoms with van der Waals surface area (Å²) >= 11 is 0. The minimum absolute atomic E-state index is 0.0478. The third-order valence-electron chi connectivity index (χ3n) is 11.1. The van der Waals surface area contributed by atoms with E-state index in [0.29, 0.717) is 58.3 Å². The first kappa shape index (κ1) is 39.4. The first-order valence-electron chi connectivity index (χ1n) is 17.9. The van der Waals surface area contributed by atoms with Gasteiger partial charge in [-0.1, -0.05) is 44.2 Å². The molecule has 0 bridgehead atoms. The number of piperidine rings is 1. The number of likely N-dealkylation sites (N-methyl/N-ethyl adjacent to an activating group) is 2. The number of ether oxygens (including phenoxy) is 4. The van der Waals surface area contributed by atoms with Gasteiger partial charge in [0.05, 0.1) is 24.2 Å². The minimum Gasteiger partial charge on any atom is -0.457 e. The molecule has 1 N–H and O–H groups in total. The number of benzene rings is 1. The maximum absolute atomic E-state index is 14.5. The highest BCUT2D eigenvalue weighted by atomic mass is 16.7. The van der Waals surface area contributed by atoms with Crippen molar-refractivity contribution in [3.63, 3.8) is 0 Å². The number of aliphatic hydroxyl groups excluding tert-OH is 1. The smallest absolute Gasteiger partial charge is 0.319 e. The average molecular weight is 688 g/mol. The number of ketones is 1. The number of hydrogen-bond acceptors (Lipinski definition) is 10. The predicted molar refractivity (Wildman–Crippen MR) is 187 cm³/mol. The first-order valence-corrected chi connectivity index (χ1v) is 17.9. The van der Waals surface area contributed by atoms with Crippen LogP contribution >= 0.6 is 0 Å². The van der Waals surface area contributed by atoms with Crippen LogP contribution < -0.4 is 0 Å². The standard InChI is InChI=1S/C38H61N3O8/c1-25-22-37(6,46-10)33(48-34-31(43)29(39(7)8)20-26(2)47-34)27(3)32(44)36(4,5)35(45)49-38(24-40(9)23-25)16-18-41(19-17-38)30(42)21-28-14-12-11-13-15-28/h11-15,25-27,29,31,33-34,43H,16-24H2,1-10H3/t25-,26-,27+,29+,31-,33-,34+,37-/m1/s1. The van der Waals surface area contributed by atoms with E-state index >= 15 is 0 Å². The van der Waals surface area contributed by atoms with E-state index in [2.05, 4.69) is 11.8 Å². The molecule has 3 aliphatic heterocycles. The molecule has 11 nitrogen and oxygen atoms in total. The molecule has 4 rings (SSSR count). The van der Waals surface area contributed by atoms with E-state index < -0.39 is 47.0 Å². The summed E-state index contributed by atoms with van der Waals surface area (Å²) in [7, 11) is 7.47. The number of nitrogens with zero attached hydrogens (tertiary/aromatic N) is 3. The molecule has 49 heavy (non-hydrogen) atoms. The number of methoxy groups -OCH3 is 1. The lowest BCUT2D eigenvalue weighted by molar-refractivity contribution is -0.295. The number of esters is 1. The summed E-state index contributed by atoms with van der Waals surface area (Å²) < 4.78 is 25.5. The van der Waals surface area contributed by atoms with Crippen molar-refractivity contribution >= 4 is 17.7 Å². The van der Waals surface area contributed by atoms with E-state index in [1.54, 1.807) is 27.9 Å². The Morgan fingerprint density at radius 2 is 1.69 bits per heavy atom. The van der Waals surface area contributed by atoms with Gasteiger partial charge in [0.2, 0.25) is 5.91 Å². The summed E-state index contributed by atoms with van der Waals surface area (Å²) in [5.74, 6) is -1.59. The second-order valence-electron chi connectivity index (χ2n) is 16.0. The minimum atomic E-state index is -1.51. The average Bonchev–Trinajstić information content (AvgIpc) is 3.04. The molecule has 0 saturated carbocycles. The van der Waals surface area contributed by atoms with Gasteiger partial charge < -0.3 is 38.8 Å². The summed E-state index contributed by atoms with van der Waals surface area (Å²) in [6, 6.07) is 9.50. The van der Waals surface area contributed by atoms with Crippen molar-refractivity contribution in [1.82, 2.24) is 14.7 Å². The van der Waals surface area contributed by atoms with Crippen molar-refractivity contribution < 1.29 is 38.4 Å². The number of carbonyl (C=O) groups excluding carboxylic acids is 3. The lowest BCUT2D eigenvalue weighted by atomic mass is 9.74. The first-order chi connectivity index (χ1) is 22.9. The van der Waals surface area contributed by atoms with Gasteiger partial charge in [-0.15, -0.1) is 0 Å². The Labute approximate surface area is 293 Å². The van der Waals surface area contributed by atoms with Crippen molar-refractivity contribution in [1.29, 1.82) is 0 Å². The lowest BCUT2D eigenvalue weighted by Crippen LogP contribution is -2.59. The fourth-order valence-corrected chi connectivity index (χ4v) is 8.22. The molecule has 0 aliphatic carbocycles. The highest BCUT2D eigenvalue weighted by molar-refractivity contribution is 6.04. The molecule has 0 radical (unpaired) electrons. The number of amides is 1. The van der Waals surface area contributed by atoms with Crippen LogP contribution in [0.4, 0.5) is 0 Å². The maximum Gasteiger partial charge on any atom is 0.319 e. The number of likely N-dealkylation sites (tertiary alicyclic amines) is 1. The maximum atomic E-state index is 14.5. The molecule has 11 heteroatoms. The Hall–Kier alpha value is -2.41. The summed E-state index contributed by atoms with van der Waals surface area (Å²) in [5.41, 5.74) is -2.36. The van der Waals surface area contributed by atoms with Crippen molar-refractivity contribution in [3.8, 4) is 0 Å². The van der Waals surface area contributed by atoms with Crippen LogP contribution in [0.1, 0.15) is 72.8 Å². The molecule has 3 saturated heterocycles. The van der Waals surface area contributed by atoms with Gasteiger partial charge in [-0.3, -0.25) is 14.4 Å². The lowest BCUT2D eigenvalue weighted by Gasteiger charge is -2.47. The van der Waals surface area contributed by atoms with Gasteiger partial charge in [0.25, 0.3) is 0 Å². The molecule has 3 aliphatic rings. The van der Waals surface area contributed by atoms with Crippen molar-refractivity contribution in [2.45, 2.75) is 115 Å². The van der Waals surface area contributed by atoms with E-state index in [0.717, 1.165) is 5.56 Å². The van der Waals surface area contributed by atoms with Crippen LogP contribution in [0.25, 0.3) is 0 Å². The van der Waals surface area contributed by atoms with Crippen LogP contribution in [0.2, 0.25) is 0 Å². The van der Waals surface area contributed by atoms with Gasteiger partial charge in [-0.2, -0.15) is 0 Å². The third-order valence-corrected chi connectivity index (χ3v) is 11.1. The van der Waals surface area contributed by atoms with Gasteiger partial charge in [-0.05, 0) is 73.2 Å². The fraction of sp³-hybridized carbons (Fsp3) is 0.763. The van der Waals surface area contributed by atoms with Crippen molar-refractivity contribution in [2.75, 3.05) is 54.4 Å². The Morgan fingerprint density at radius 3 is 2.29 bits per heavy atom. The zero-order chi connectivity index (χ0) is 36.3. The van der Waals surface area contributed by atoms with Crippen LogP contribution in [-0.2, 0) is 39.8 Å². The predicted octanol–water partition coefficient (Wildman–Crippen LogP) is 3.55. The van der Waals surface area contributed by atoms with E-state index in [-0.39, 0.29) is 29.8 Å². The molecular formula is C38H61N3O8. The fourth-order valence-electron chi connectivity index (χ4n) is 8.22. The second kappa shape index (κ2) is 15.9. The van der Waals surface area contributed by atoms with Crippen LogP contribution in [-0.4, -0.2) is 134 Å². The molecule has 8 atom stereocenters. The Kier molecular flexibility index (Phi) is 12.7. The largest absolute Gasteiger partial charge is 0.457 e. The Morgan fingerprint density at radius 1 is 1.06 bits per heavy atom. The highest BCUT2D eigenvalue weighted by Crippen LogP contribution is 2.40. The number of Topliss-reactive ketones (excluding diaryl/α,β-unsaturated/α-hetero) is 1. The normalized spacial score (nSPS) is 34.9. The summed E-state index contributed by atoms with van der Waals surface area (Å²) in [6.07, 6.45) is -0.504. The number of hydrogen-bond donors (Lipinski definition) is 1. The SMILES string of the molecule is CO[C@]1(C)C[C@@H](C)CN(C)CC2(CCN(C(=O)Cc3ccccc3)CC2)OC(=O)C(C)(C)C(=O)[C@H](C)[C@H]1O[C@@H]1O[C@H](C)C[C@H](N(C)C)[C@H]1O. The zero-order valence-electron chi connectivity index (χ0n) is 31.4. The molecule has 0 aromatic heterocycles. The molecule has 1 aromatic carbocycles. The van der Waals surface area contributed by atoms with Crippen LogP contribution in [0, 0.1) is 17.3 Å². The summed E-state index contributed by atoms with van der Waals surface area (Å²) in [4.78, 5) is 47.8. The highest BCUT2D eigenvalue weighted by Gasteiger charge is 2.53. The monoisotopic (exact) mass is 687 g/mol. The molecule has 3 heterocycles. The quantitative estimate of drug-likeness (QED) is 0.352. The van der Waals surface area contributed by atoms with Crippen LogP contribution in [0.3, 0.4) is 0 Å². The summed E-state index contributed by atoms with van der Waals surface area (Å²) in [6.45, 7) is 13.1. The van der Waals surface area contributed by atoms with E-state index in [9.17, 15) is 19.5 Å². The number of rotatable bonds is 6. The van der Waals surface area contributed by atoms with Crippen LogP contribution in [0.15, 0.2) is 30.3 Å². The van der Waals surface area contributed by atoms with Gasteiger partial charge in [-0.25, -0.2) is 0 Å². The van der Waals surface area contributed by atoms with Gasteiger partial charge in [0.15, 0.2) is 12.1 Å². The summed E-state index contributed by atoms with van der Waals surface area (Å²) in [5, 5.41) is 11.4. The molecule has 1 spiro atoms. The number of aliphatic hydroxyl groups is 1. The Bertz CT molecular complexity index is 1280. The third kappa shape index (κ3) is 9.10. The van der Waals surface area contributed by atoms with E-state index in [1.807, 2.05) is 75.1 Å². The molecule has 1 aromatic rings.